The molecule has 0 N–H and O–H groups in total. The van der Waals surface area contributed by atoms with E-state index < -0.39 is 0 Å². The zero-order valence-corrected chi connectivity index (χ0v) is 16.2. The van der Waals surface area contributed by atoms with E-state index in [1.165, 1.54) is 4.68 Å². The molecule has 1 amide bonds. The summed E-state index contributed by atoms with van der Waals surface area (Å²) < 4.78 is 2.81. The average molecular weight is 380 g/mol. The molecule has 0 bridgehead atoms. The highest BCUT2D eigenvalue weighted by atomic mass is 16.2. The summed E-state index contributed by atoms with van der Waals surface area (Å²) in [5, 5.41) is 8.83. The predicted molar refractivity (Wildman–Crippen MR) is 106 cm³/mol. The van der Waals surface area contributed by atoms with Crippen LogP contribution >= 0.6 is 0 Å². The van der Waals surface area contributed by atoms with Crippen molar-refractivity contribution in [3.05, 3.63) is 52.6 Å². The molecule has 0 spiro atoms. The summed E-state index contributed by atoms with van der Waals surface area (Å²) in [6, 6.07) is 11.4. The second-order valence-electron chi connectivity index (χ2n) is 7.02. The highest BCUT2D eigenvalue weighted by Gasteiger charge is 2.22. The molecule has 1 fully saturated rings. The molecule has 1 aliphatic heterocycles. The number of likely N-dealkylation sites (N-methyl/N-ethyl adjacent to an activating group) is 1. The van der Waals surface area contributed by atoms with Crippen LogP contribution in [0.2, 0.25) is 0 Å². The largest absolute Gasteiger partial charge is 0.339 e. The Morgan fingerprint density at radius 1 is 1.07 bits per heavy atom. The average Bonchev–Trinajstić information content (AvgIpc) is 3.19. The van der Waals surface area contributed by atoms with Crippen LogP contribution in [0.3, 0.4) is 0 Å². The van der Waals surface area contributed by atoms with Crippen molar-refractivity contribution in [3.63, 3.8) is 0 Å². The molecule has 1 aliphatic rings. The number of carbonyl (C=O) groups excluding carboxylic acids is 1. The number of aromatic nitrogens is 4. The fourth-order valence-corrected chi connectivity index (χ4v) is 3.57. The van der Waals surface area contributed by atoms with E-state index in [9.17, 15) is 9.59 Å². The molecule has 0 atom stereocenters. The molecule has 3 aromatic rings. The summed E-state index contributed by atoms with van der Waals surface area (Å²) in [5.74, 6) is 0.497. The standard InChI is InChI=1S/C20H24N6O2/c1-3-23-9-11-24(12-10-23)19(27)14-25-20(28)18-13-17(16-7-5-4-6-8-16)22-26(18)15(2)21-25/h4-8,13H,3,9-12,14H2,1-2H3. The molecule has 0 radical (unpaired) electrons. The first kappa shape index (κ1) is 18.4. The Hall–Kier alpha value is -3.00. The lowest BCUT2D eigenvalue weighted by Crippen LogP contribution is -2.50. The van der Waals surface area contributed by atoms with Gasteiger partial charge in [0, 0.05) is 31.7 Å². The van der Waals surface area contributed by atoms with Crippen molar-refractivity contribution in [3.8, 4) is 11.3 Å². The van der Waals surface area contributed by atoms with Crippen LogP contribution in [0.4, 0.5) is 0 Å². The van der Waals surface area contributed by atoms with Gasteiger partial charge in [0.05, 0.1) is 5.69 Å². The minimum atomic E-state index is -0.305. The first-order valence-corrected chi connectivity index (χ1v) is 9.60. The summed E-state index contributed by atoms with van der Waals surface area (Å²) in [4.78, 5) is 29.7. The minimum Gasteiger partial charge on any atom is -0.339 e. The summed E-state index contributed by atoms with van der Waals surface area (Å²) in [6.45, 7) is 7.96. The van der Waals surface area contributed by atoms with Gasteiger partial charge in [0.2, 0.25) is 5.91 Å². The van der Waals surface area contributed by atoms with E-state index in [4.69, 9.17) is 0 Å². The Morgan fingerprint density at radius 3 is 2.46 bits per heavy atom. The number of hydrogen-bond acceptors (Lipinski definition) is 5. The number of piperazine rings is 1. The molecule has 146 valence electrons. The van der Waals surface area contributed by atoms with Crippen molar-refractivity contribution < 1.29 is 4.79 Å². The zero-order chi connectivity index (χ0) is 19.7. The van der Waals surface area contributed by atoms with Crippen LogP contribution < -0.4 is 5.56 Å². The van der Waals surface area contributed by atoms with Crippen molar-refractivity contribution in [2.24, 2.45) is 0 Å². The predicted octanol–water partition coefficient (Wildman–Crippen LogP) is 1.03. The Kier molecular flexibility index (Phi) is 4.95. The zero-order valence-electron chi connectivity index (χ0n) is 16.2. The first-order valence-electron chi connectivity index (χ1n) is 9.60. The highest BCUT2D eigenvalue weighted by molar-refractivity contribution is 5.76. The summed E-state index contributed by atoms with van der Waals surface area (Å²) in [6.07, 6.45) is 0. The molecule has 8 heteroatoms. The smallest absolute Gasteiger partial charge is 0.293 e. The van der Waals surface area contributed by atoms with Crippen molar-refractivity contribution in [1.82, 2.24) is 29.2 Å². The highest BCUT2D eigenvalue weighted by Crippen LogP contribution is 2.18. The van der Waals surface area contributed by atoms with Crippen LogP contribution in [0.5, 0.6) is 0 Å². The number of fused-ring (bicyclic) bond motifs is 1. The van der Waals surface area contributed by atoms with Gasteiger partial charge in [0.25, 0.3) is 5.56 Å². The molecular weight excluding hydrogens is 356 g/mol. The van der Waals surface area contributed by atoms with Gasteiger partial charge in [-0.15, -0.1) is 0 Å². The van der Waals surface area contributed by atoms with Crippen molar-refractivity contribution in [1.29, 1.82) is 0 Å². The molecule has 3 heterocycles. The van der Waals surface area contributed by atoms with Crippen LogP contribution in [0, 0.1) is 6.92 Å². The number of nitrogens with zero attached hydrogens (tertiary/aromatic N) is 6. The van der Waals surface area contributed by atoms with E-state index in [1.807, 2.05) is 35.2 Å². The monoisotopic (exact) mass is 380 g/mol. The minimum absolute atomic E-state index is 0.0475. The van der Waals surface area contributed by atoms with Gasteiger partial charge in [-0.3, -0.25) is 9.59 Å². The van der Waals surface area contributed by atoms with E-state index in [0.717, 1.165) is 25.2 Å². The van der Waals surface area contributed by atoms with Crippen molar-refractivity contribution >= 4 is 11.4 Å². The Bertz CT molecular complexity index is 1050. The van der Waals surface area contributed by atoms with Gasteiger partial charge in [0.15, 0.2) is 0 Å². The number of aryl methyl sites for hydroxylation is 1. The number of benzene rings is 1. The number of rotatable bonds is 4. The second-order valence-corrected chi connectivity index (χ2v) is 7.02. The Balaban J connectivity index is 1.61. The lowest BCUT2D eigenvalue weighted by Gasteiger charge is -2.34. The van der Waals surface area contributed by atoms with Gasteiger partial charge >= 0.3 is 0 Å². The maximum absolute atomic E-state index is 12.9. The molecule has 0 aliphatic carbocycles. The molecule has 0 saturated carbocycles. The number of hydrogen-bond donors (Lipinski definition) is 0. The summed E-state index contributed by atoms with van der Waals surface area (Å²) in [5.41, 5.74) is 1.76. The van der Waals surface area contributed by atoms with Gasteiger partial charge in [-0.1, -0.05) is 37.3 Å². The fourth-order valence-electron chi connectivity index (χ4n) is 3.57. The SMILES string of the molecule is CCN1CCN(C(=O)Cn2nc(C)n3nc(-c4ccccc4)cc3c2=O)CC1. The van der Waals surface area contributed by atoms with E-state index in [0.29, 0.717) is 30.1 Å². The Morgan fingerprint density at radius 2 is 1.79 bits per heavy atom. The molecule has 1 saturated heterocycles. The molecule has 4 rings (SSSR count). The van der Waals surface area contributed by atoms with E-state index in [-0.39, 0.29) is 18.0 Å². The fraction of sp³-hybridized carbons (Fsp3) is 0.400. The van der Waals surface area contributed by atoms with Gasteiger partial charge < -0.3 is 9.80 Å². The third-order valence-corrected chi connectivity index (χ3v) is 5.26. The van der Waals surface area contributed by atoms with Gasteiger partial charge in [-0.2, -0.15) is 10.2 Å². The van der Waals surface area contributed by atoms with Crippen LogP contribution in [0.15, 0.2) is 41.2 Å². The first-order chi connectivity index (χ1) is 13.6. The van der Waals surface area contributed by atoms with Crippen molar-refractivity contribution in [2.75, 3.05) is 32.7 Å². The lowest BCUT2D eigenvalue weighted by molar-refractivity contribution is -0.133. The van der Waals surface area contributed by atoms with E-state index >= 15 is 0 Å². The van der Waals surface area contributed by atoms with Crippen LogP contribution in [-0.2, 0) is 11.3 Å². The normalized spacial score (nSPS) is 15.3. The molecule has 2 aromatic heterocycles. The molecule has 1 aromatic carbocycles. The number of carbonyl (C=O) groups is 1. The van der Waals surface area contributed by atoms with Gasteiger partial charge in [-0.25, -0.2) is 9.20 Å². The number of amides is 1. The molecule has 0 unspecified atom stereocenters. The second kappa shape index (κ2) is 7.55. The maximum Gasteiger partial charge on any atom is 0.293 e. The molecule has 8 nitrogen and oxygen atoms in total. The van der Waals surface area contributed by atoms with E-state index in [1.54, 1.807) is 17.5 Å². The summed E-state index contributed by atoms with van der Waals surface area (Å²) >= 11 is 0. The lowest BCUT2D eigenvalue weighted by atomic mass is 10.1. The van der Waals surface area contributed by atoms with Crippen LogP contribution in [0.1, 0.15) is 12.7 Å². The summed E-state index contributed by atoms with van der Waals surface area (Å²) in [7, 11) is 0. The molecule has 28 heavy (non-hydrogen) atoms. The van der Waals surface area contributed by atoms with Crippen LogP contribution in [0.25, 0.3) is 16.8 Å². The van der Waals surface area contributed by atoms with Gasteiger partial charge in [-0.05, 0) is 19.5 Å². The molecular formula is C20H24N6O2. The third kappa shape index (κ3) is 3.43. The topological polar surface area (TPSA) is 75.7 Å². The quantitative estimate of drug-likeness (QED) is 0.676. The van der Waals surface area contributed by atoms with Crippen LogP contribution in [-0.4, -0.2) is 67.8 Å². The third-order valence-electron chi connectivity index (χ3n) is 5.26. The maximum atomic E-state index is 12.9. The Labute approximate surface area is 163 Å². The van der Waals surface area contributed by atoms with Crippen molar-refractivity contribution in [2.45, 2.75) is 20.4 Å². The van der Waals surface area contributed by atoms with Gasteiger partial charge in [0.1, 0.15) is 17.9 Å². The van der Waals surface area contributed by atoms with E-state index in [2.05, 4.69) is 22.0 Å².